The number of hydrogen-bond acceptors (Lipinski definition) is 5. The maximum Gasteiger partial charge on any atom is 0.321 e. The van der Waals surface area contributed by atoms with Crippen LogP contribution in [0.1, 0.15) is 20.8 Å². The Bertz CT molecular complexity index is 905. The molecule has 1 aromatic carbocycles. The molecule has 0 radical (unpaired) electrons. The molecule has 138 valence electrons. The van der Waals surface area contributed by atoms with Crippen LogP contribution in [0.25, 0.3) is 16.7 Å². The van der Waals surface area contributed by atoms with Gasteiger partial charge in [0.1, 0.15) is 11.9 Å². The van der Waals surface area contributed by atoms with Crippen LogP contribution in [0.15, 0.2) is 35.3 Å². The highest BCUT2D eigenvalue weighted by atomic mass is 32.1. The molecule has 1 amide bonds. The van der Waals surface area contributed by atoms with Gasteiger partial charge in [0.25, 0.3) is 5.91 Å². The van der Waals surface area contributed by atoms with Gasteiger partial charge in [0, 0.05) is 17.7 Å². The fraction of sp³-hybridized carbons (Fsp3) is 0.353. The zero-order valence-corrected chi connectivity index (χ0v) is 15.3. The highest BCUT2D eigenvalue weighted by molar-refractivity contribution is 7.07. The number of alkyl halides is 2. The summed E-state index contributed by atoms with van der Waals surface area (Å²) in [5, 5.41) is 9.34. The van der Waals surface area contributed by atoms with Crippen LogP contribution in [0, 0.1) is 0 Å². The molecule has 2 atom stereocenters. The third kappa shape index (κ3) is 3.82. The van der Waals surface area contributed by atoms with Crippen molar-refractivity contribution >= 4 is 28.1 Å². The number of rotatable bonds is 6. The van der Waals surface area contributed by atoms with Gasteiger partial charge in [-0.2, -0.15) is 13.9 Å². The van der Waals surface area contributed by atoms with E-state index in [1.54, 1.807) is 36.3 Å². The van der Waals surface area contributed by atoms with Crippen LogP contribution in [0.4, 0.5) is 8.78 Å². The molecule has 26 heavy (non-hydrogen) atoms. The van der Waals surface area contributed by atoms with Crippen LogP contribution in [0.5, 0.6) is 5.75 Å². The van der Waals surface area contributed by atoms with Crippen LogP contribution in [0.3, 0.4) is 0 Å². The van der Waals surface area contributed by atoms with E-state index in [2.05, 4.69) is 15.4 Å². The quantitative estimate of drug-likeness (QED) is 0.712. The first-order chi connectivity index (χ1) is 12.3. The van der Waals surface area contributed by atoms with Gasteiger partial charge in [-0.15, -0.1) is 11.3 Å². The fourth-order valence-electron chi connectivity index (χ4n) is 2.35. The number of carbonyl (C=O) groups excluding carboxylic acids is 1. The largest absolute Gasteiger partial charge is 0.489 e. The lowest BCUT2D eigenvalue weighted by molar-refractivity contribution is -0.144. The number of benzene rings is 1. The van der Waals surface area contributed by atoms with Gasteiger partial charge >= 0.3 is 5.92 Å². The zero-order valence-electron chi connectivity index (χ0n) is 14.4. The number of carbonyl (C=O) groups is 1. The van der Waals surface area contributed by atoms with E-state index < -0.39 is 24.0 Å². The molecule has 2 aromatic heterocycles. The fourth-order valence-corrected chi connectivity index (χ4v) is 2.86. The highest BCUT2D eigenvalue weighted by Crippen LogP contribution is 2.24. The second kappa shape index (κ2) is 6.99. The molecule has 3 rings (SSSR count). The Labute approximate surface area is 152 Å². The summed E-state index contributed by atoms with van der Waals surface area (Å²) in [5.41, 5.74) is 2.61. The molecular weight excluding hydrogens is 362 g/mol. The SMILES string of the molecule is C[C@H](NC(=O)C(C)(F)F)[C@@H](C)Oc1ccc2c(cnn2-c2cscn2)c1. The van der Waals surface area contributed by atoms with Crippen LogP contribution in [-0.4, -0.2) is 38.7 Å². The van der Waals surface area contributed by atoms with Crippen LogP contribution in [0.2, 0.25) is 0 Å². The van der Waals surface area contributed by atoms with Gasteiger partial charge in [0.15, 0.2) is 5.82 Å². The van der Waals surface area contributed by atoms with Gasteiger partial charge in [0.05, 0.1) is 23.3 Å². The van der Waals surface area contributed by atoms with E-state index in [4.69, 9.17) is 4.74 Å². The second-order valence-corrected chi connectivity index (χ2v) is 6.82. The van der Waals surface area contributed by atoms with Crippen LogP contribution < -0.4 is 10.1 Å². The van der Waals surface area contributed by atoms with Crippen molar-refractivity contribution in [2.24, 2.45) is 0 Å². The van der Waals surface area contributed by atoms with E-state index in [9.17, 15) is 13.6 Å². The molecule has 0 saturated carbocycles. The summed E-state index contributed by atoms with van der Waals surface area (Å²) >= 11 is 1.48. The van der Waals surface area contributed by atoms with E-state index >= 15 is 0 Å². The van der Waals surface area contributed by atoms with E-state index in [0.29, 0.717) is 12.7 Å². The topological polar surface area (TPSA) is 69.0 Å². The molecule has 0 saturated heterocycles. The molecular formula is C17H18F2N4O2S. The predicted molar refractivity (Wildman–Crippen MR) is 95.1 cm³/mol. The Balaban J connectivity index is 1.72. The minimum absolute atomic E-state index is 0.493. The van der Waals surface area contributed by atoms with E-state index in [0.717, 1.165) is 16.7 Å². The van der Waals surface area contributed by atoms with Crippen LogP contribution in [-0.2, 0) is 4.79 Å². The lowest BCUT2D eigenvalue weighted by Gasteiger charge is -2.24. The first-order valence-corrected chi connectivity index (χ1v) is 8.92. The van der Waals surface area contributed by atoms with Crippen molar-refractivity contribution in [1.82, 2.24) is 20.1 Å². The number of fused-ring (bicyclic) bond motifs is 1. The second-order valence-electron chi connectivity index (χ2n) is 6.10. The number of ether oxygens (including phenoxy) is 1. The number of nitrogens with one attached hydrogen (secondary N) is 1. The number of nitrogens with zero attached hydrogens (tertiary/aromatic N) is 3. The van der Waals surface area contributed by atoms with Crippen molar-refractivity contribution in [2.45, 2.75) is 38.8 Å². The molecule has 0 spiro atoms. The van der Waals surface area contributed by atoms with Crippen molar-refractivity contribution in [3.63, 3.8) is 0 Å². The first kappa shape index (κ1) is 18.2. The van der Waals surface area contributed by atoms with Gasteiger partial charge < -0.3 is 10.1 Å². The number of thiazole rings is 1. The molecule has 0 fully saturated rings. The predicted octanol–water partition coefficient (Wildman–Crippen LogP) is 3.41. The van der Waals surface area contributed by atoms with Crippen LogP contribution >= 0.6 is 11.3 Å². The molecule has 0 unspecified atom stereocenters. The average molecular weight is 380 g/mol. The molecule has 9 heteroatoms. The lowest BCUT2D eigenvalue weighted by atomic mass is 10.2. The normalized spacial score (nSPS) is 14.2. The molecule has 1 N–H and O–H groups in total. The standard InChI is InChI=1S/C17H18F2N4O2S/c1-10(22-16(24)17(3,18)19)11(2)25-13-4-5-14-12(6-13)7-21-23(14)15-8-26-9-20-15/h4-11H,1-3H3,(H,22,24)/t10-,11+/m0/s1. The Morgan fingerprint density at radius 1 is 1.38 bits per heavy atom. The summed E-state index contributed by atoms with van der Waals surface area (Å²) < 4.78 is 33.5. The lowest BCUT2D eigenvalue weighted by Crippen LogP contribution is -2.48. The van der Waals surface area contributed by atoms with Crippen molar-refractivity contribution in [2.75, 3.05) is 0 Å². The molecule has 0 aliphatic rings. The minimum atomic E-state index is -3.42. The third-order valence-electron chi connectivity index (χ3n) is 3.96. The number of amides is 1. The van der Waals surface area contributed by atoms with E-state index in [1.165, 1.54) is 11.3 Å². The molecule has 0 aliphatic carbocycles. The van der Waals surface area contributed by atoms with E-state index in [1.807, 2.05) is 17.5 Å². The third-order valence-corrected chi connectivity index (χ3v) is 4.53. The monoisotopic (exact) mass is 380 g/mol. The maximum atomic E-state index is 13.0. The highest BCUT2D eigenvalue weighted by Gasteiger charge is 2.34. The summed E-state index contributed by atoms with van der Waals surface area (Å²) in [6, 6.07) is 4.85. The van der Waals surface area contributed by atoms with Gasteiger partial charge in [-0.05, 0) is 32.0 Å². The number of aromatic nitrogens is 3. The Hall–Kier alpha value is -2.55. The van der Waals surface area contributed by atoms with E-state index in [-0.39, 0.29) is 0 Å². The summed E-state index contributed by atoms with van der Waals surface area (Å²) in [7, 11) is 0. The molecule has 2 heterocycles. The first-order valence-electron chi connectivity index (χ1n) is 7.97. The molecule has 3 aromatic rings. The number of halogens is 2. The molecule has 0 bridgehead atoms. The van der Waals surface area contributed by atoms with Crippen molar-refractivity contribution in [3.8, 4) is 11.6 Å². The average Bonchev–Trinajstić information content (AvgIpc) is 3.22. The molecule has 0 aliphatic heterocycles. The van der Waals surface area contributed by atoms with Gasteiger partial charge in [-0.25, -0.2) is 9.67 Å². The Kier molecular flexibility index (Phi) is 4.90. The zero-order chi connectivity index (χ0) is 18.9. The summed E-state index contributed by atoms with van der Waals surface area (Å²) in [4.78, 5) is 15.6. The number of hydrogen-bond donors (Lipinski definition) is 1. The molecule has 6 nitrogen and oxygen atoms in total. The summed E-state index contributed by atoms with van der Waals surface area (Å²) in [5.74, 6) is -3.44. The summed E-state index contributed by atoms with van der Waals surface area (Å²) in [6.45, 7) is 3.89. The minimum Gasteiger partial charge on any atom is -0.489 e. The van der Waals surface area contributed by atoms with Crippen molar-refractivity contribution in [1.29, 1.82) is 0 Å². The smallest absolute Gasteiger partial charge is 0.321 e. The van der Waals surface area contributed by atoms with Crippen molar-refractivity contribution in [3.05, 3.63) is 35.3 Å². The van der Waals surface area contributed by atoms with Gasteiger partial charge in [0.2, 0.25) is 0 Å². The van der Waals surface area contributed by atoms with Gasteiger partial charge in [-0.1, -0.05) is 0 Å². The summed E-state index contributed by atoms with van der Waals surface area (Å²) in [6.07, 6.45) is 1.21. The Morgan fingerprint density at radius 3 is 2.81 bits per heavy atom. The maximum absolute atomic E-state index is 13.0. The Morgan fingerprint density at radius 2 is 2.15 bits per heavy atom. The van der Waals surface area contributed by atoms with Gasteiger partial charge in [-0.3, -0.25) is 4.79 Å². The van der Waals surface area contributed by atoms with Crippen molar-refractivity contribution < 1.29 is 18.3 Å².